The fraction of sp³-hybridized carbons (Fsp3) is 0.500. The van der Waals surface area contributed by atoms with E-state index in [1.165, 1.54) is 5.56 Å². The van der Waals surface area contributed by atoms with Crippen LogP contribution in [0.1, 0.15) is 58.8 Å². The molecule has 0 spiro atoms. The summed E-state index contributed by atoms with van der Waals surface area (Å²) in [6.45, 7) is 14.9. The van der Waals surface area contributed by atoms with Gasteiger partial charge in [-0.2, -0.15) is 0 Å². The Bertz CT molecular complexity index is 614. The van der Waals surface area contributed by atoms with Crippen molar-refractivity contribution in [3.8, 4) is 11.4 Å². The van der Waals surface area contributed by atoms with E-state index in [1.54, 1.807) is 0 Å². The van der Waals surface area contributed by atoms with Gasteiger partial charge in [0.05, 0.1) is 0 Å². The highest BCUT2D eigenvalue weighted by molar-refractivity contribution is 5.56. The molecule has 0 unspecified atom stereocenters. The molecule has 3 heteroatoms. The lowest BCUT2D eigenvalue weighted by atomic mass is 9.93. The summed E-state index contributed by atoms with van der Waals surface area (Å²) in [5.41, 5.74) is 2.07. The standard InChI is InChI=1S/C18H25N3/c1-12-9-8-10-13(11-12)14-19-15(17(2,3)4)21-16(20-14)18(5,6)7/h8-11H,1-7H3. The van der Waals surface area contributed by atoms with Crippen molar-refractivity contribution in [3.63, 3.8) is 0 Å². The molecular formula is C18H25N3. The molecule has 0 aliphatic rings. The van der Waals surface area contributed by atoms with Crippen molar-refractivity contribution >= 4 is 0 Å². The predicted octanol–water partition coefficient (Wildman–Crippen LogP) is 4.44. The Balaban J connectivity index is 2.66. The van der Waals surface area contributed by atoms with Gasteiger partial charge in [0.1, 0.15) is 11.6 Å². The van der Waals surface area contributed by atoms with Gasteiger partial charge in [0, 0.05) is 16.4 Å². The van der Waals surface area contributed by atoms with E-state index in [2.05, 4.69) is 66.7 Å². The minimum Gasteiger partial charge on any atom is -0.217 e. The van der Waals surface area contributed by atoms with Crippen LogP contribution >= 0.6 is 0 Å². The van der Waals surface area contributed by atoms with E-state index >= 15 is 0 Å². The molecule has 0 atom stereocenters. The van der Waals surface area contributed by atoms with Crippen LogP contribution in [-0.4, -0.2) is 15.0 Å². The van der Waals surface area contributed by atoms with Crippen LogP contribution in [0.25, 0.3) is 11.4 Å². The number of hydrogen-bond donors (Lipinski definition) is 0. The average molecular weight is 283 g/mol. The van der Waals surface area contributed by atoms with E-state index in [1.807, 2.05) is 6.07 Å². The lowest BCUT2D eigenvalue weighted by Crippen LogP contribution is -2.24. The van der Waals surface area contributed by atoms with Gasteiger partial charge in [0.2, 0.25) is 0 Å². The number of hydrogen-bond acceptors (Lipinski definition) is 3. The molecule has 0 N–H and O–H groups in total. The fourth-order valence-electron chi connectivity index (χ4n) is 1.96. The number of benzene rings is 1. The van der Waals surface area contributed by atoms with Crippen LogP contribution in [0, 0.1) is 6.92 Å². The Morgan fingerprint density at radius 2 is 1.29 bits per heavy atom. The van der Waals surface area contributed by atoms with Crippen molar-refractivity contribution in [1.82, 2.24) is 15.0 Å². The molecule has 21 heavy (non-hydrogen) atoms. The van der Waals surface area contributed by atoms with Crippen molar-refractivity contribution in [2.24, 2.45) is 0 Å². The first-order valence-electron chi connectivity index (χ1n) is 7.41. The minimum atomic E-state index is -0.0957. The number of nitrogens with zero attached hydrogens (tertiary/aromatic N) is 3. The molecule has 2 rings (SSSR count). The first kappa shape index (κ1) is 15.6. The van der Waals surface area contributed by atoms with E-state index in [0.29, 0.717) is 0 Å². The molecule has 2 aromatic rings. The van der Waals surface area contributed by atoms with Crippen molar-refractivity contribution < 1.29 is 0 Å². The second-order valence-electron chi connectivity index (χ2n) is 7.68. The van der Waals surface area contributed by atoms with Crippen molar-refractivity contribution in [1.29, 1.82) is 0 Å². The van der Waals surface area contributed by atoms with Crippen LogP contribution in [0.2, 0.25) is 0 Å². The number of rotatable bonds is 1. The summed E-state index contributed by atoms with van der Waals surface area (Å²) in [5.74, 6) is 2.46. The van der Waals surface area contributed by atoms with Gasteiger partial charge in [-0.15, -0.1) is 0 Å². The first-order valence-corrected chi connectivity index (χ1v) is 7.41. The normalized spacial score (nSPS) is 12.5. The van der Waals surface area contributed by atoms with Gasteiger partial charge in [-0.1, -0.05) is 65.3 Å². The van der Waals surface area contributed by atoms with Crippen LogP contribution < -0.4 is 0 Å². The second-order valence-corrected chi connectivity index (χ2v) is 7.68. The van der Waals surface area contributed by atoms with Gasteiger partial charge in [-0.3, -0.25) is 0 Å². The van der Waals surface area contributed by atoms with Crippen molar-refractivity contribution in [2.45, 2.75) is 59.3 Å². The molecule has 0 aliphatic carbocycles. The van der Waals surface area contributed by atoms with Gasteiger partial charge in [-0.25, -0.2) is 15.0 Å². The van der Waals surface area contributed by atoms with E-state index in [9.17, 15) is 0 Å². The molecule has 0 radical (unpaired) electrons. The van der Waals surface area contributed by atoms with Crippen molar-refractivity contribution in [2.75, 3.05) is 0 Å². The van der Waals surface area contributed by atoms with Crippen LogP contribution in [0.15, 0.2) is 24.3 Å². The number of aromatic nitrogens is 3. The summed E-state index contributed by atoms with van der Waals surface area (Å²) in [6, 6.07) is 8.30. The maximum absolute atomic E-state index is 4.71. The summed E-state index contributed by atoms with van der Waals surface area (Å²) in [5, 5.41) is 0. The summed E-state index contributed by atoms with van der Waals surface area (Å²) in [6.07, 6.45) is 0. The van der Waals surface area contributed by atoms with Gasteiger partial charge in [-0.05, 0) is 13.0 Å². The van der Waals surface area contributed by atoms with E-state index in [-0.39, 0.29) is 10.8 Å². The largest absolute Gasteiger partial charge is 0.217 e. The van der Waals surface area contributed by atoms with Crippen LogP contribution in [0.4, 0.5) is 0 Å². The highest BCUT2D eigenvalue weighted by atomic mass is 15.0. The van der Waals surface area contributed by atoms with Crippen molar-refractivity contribution in [3.05, 3.63) is 41.5 Å². The smallest absolute Gasteiger partial charge is 0.163 e. The molecule has 0 amide bonds. The molecular weight excluding hydrogens is 258 g/mol. The lowest BCUT2D eigenvalue weighted by Gasteiger charge is -2.22. The Hall–Kier alpha value is -1.77. The third-order valence-electron chi connectivity index (χ3n) is 3.25. The maximum atomic E-state index is 4.71. The van der Waals surface area contributed by atoms with Gasteiger partial charge in [0.15, 0.2) is 5.82 Å². The molecule has 0 saturated carbocycles. The average Bonchev–Trinajstić information content (AvgIpc) is 2.36. The minimum absolute atomic E-state index is 0.0957. The quantitative estimate of drug-likeness (QED) is 0.776. The Morgan fingerprint density at radius 3 is 1.71 bits per heavy atom. The van der Waals surface area contributed by atoms with Gasteiger partial charge in [0.25, 0.3) is 0 Å². The topological polar surface area (TPSA) is 38.7 Å². The van der Waals surface area contributed by atoms with Crippen LogP contribution in [0.3, 0.4) is 0 Å². The van der Waals surface area contributed by atoms with Crippen LogP contribution in [-0.2, 0) is 10.8 Å². The third kappa shape index (κ3) is 3.66. The summed E-state index contributed by atoms with van der Waals surface area (Å²) in [4.78, 5) is 14.1. The Morgan fingerprint density at radius 1 is 0.762 bits per heavy atom. The summed E-state index contributed by atoms with van der Waals surface area (Å²) in [7, 11) is 0. The predicted molar refractivity (Wildman–Crippen MR) is 87.4 cm³/mol. The molecule has 1 heterocycles. The SMILES string of the molecule is Cc1cccc(-c2nc(C(C)(C)C)nc(C(C)(C)C)n2)c1. The first-order chi connectivity index (χ1) is 9.57. The monoisotopic (exact) mass is 283 g/mol. The highest BCUT2D eigenvalue weighted by Gasteiger charge is 2.25. The van der Waals surface area contributed by atoms with Gasteiger partial charge >= 0.3 is 0 Å². The zero-order valence-electron chi connectivity index (χ0n) is 14.2. The zero-order chi connectivity index (χ0) is 15.8. The lowest BCUT2D eigenvalue weighted by molar-refractivity contribution is 0.497. The zero-order valence-corrected chi connectivity index (χ0v) is 14.2. The van der Waals surface area contributed by atoms with E-state index < -0.39 is 0 Å². The Kier molecular flexibility index (Phi) is 3.87. The molecule has 112 valence electrons. The second kappa shape index (κ2) is 5.21. The van der Waals surface area contributed by atoms with E-state index in [4.69, 9.17) is 15.0 Å². The molecule has 3 nitrogen and oxygen atoms in total. The number of aryl methyl sites for hydroxylation is 1. The summed E-state index contributed by atoms with van der Waals surface area (Å²) < 4.78 is 0. The molecule has 0 aliphatic heterocycles. The summed E-state index contributed by atoms with van der Waals surface area (Å²) >= 11 is 0. The molecule has 1 aromatic heterocycles. The molecule has 0 saturated heterocycles. The van der Waals surface area contributed by atoms with Gasteiger partial charge < -0.3 is 0 Å². The molecule has 1 aromatic carbocycles. The Labute approximate surface area is 127 Å². The highest BCUT2D eigenvalue weighted by Crippen LogP contribution is 2.26. The third-order valence-corrected chi connectivity index (χ3v) is 3.25. The fourth-order valence-corrected chi connectivity index (χ4v) is 1.96. The molecule has 0 bridgehead atoms. The van der Waals surface area contributed by atoms with Crippen LogP contribution in [0.5, 0.6) is 0 Å². The molecule has 0 fully saturated rings. The van der Waals surface area contributed by atoms with E-state index in [0.717, 1.165) is 23.0 Å². The maximum Gasteiger partial charge on any atom is 0.163 e.